The number of aliphatic hydroxyl groups is 2. The molecule has 0 saturated carbocycles. The van der Waals surface area contributed by atoms with Gasteiger partial charge >= 0.3 is 0 Å². The first-order chi connectivity index (χ1) is 9.08. The Morgan fingerprint density at radius 2 is 2.16 bits per heavy atom. The lowest BCUT2D eigenvalue weighted by atomic mass is 10.1. The summed E-state index contributed by atoms with van der Waals surface area (Å²) in [5, 5.41) is 22.2. The molecule has 1 aromatic carbocycles. The van der Waals surface area contributed by atoms with Gasteiger partial charge in [-0.3, -0.25) is 0 Å². The molecule has 0 bridgehead atoms. The topological polar surface area (TPSA) is 52.5 Å². The molecule has 1 aromatic rings. The first-order valence-corrected chi connectivity index (χ1v) is 7.89. The van der Waals surface area contributed by atoms with E-state index in [0.29, 0.717) is 5.75 Å². The average molecular weight is 304 g/mol. The summed E-state index contributed by atoms with van der Waals surface area (Å²) in [5.74, 6) is 0.468. The number of benzene rings is 1. The molecule has 0 aliphatic heterocycles. The van der Waals surface area contributed by atoms with Crippen molar-refractivity contribution in [2.45, 2.75) is 37.3 Å². The van der Waals surface area contributed by atoms with Gasteiger partial charge in [0.15, 0.2) is 0 Å². The van der Waals surface area contributed by atoms with E-state index < -0.39 is 6.10 Å². The van der Waals surface area contributed by atoms with Crippen molar-refractivity contribution in [3.63, 3.8) is 0 Å². The minimum Gasteiger partial charge on any atom is -0.394 e. The van der Waals surface area contributed by atoms with E-state index in [1.165, 1.54) is 11.8 Å². The van der Waals surface area contributed by atoms with E-state index in [1.807, 2.05) is 18.2 Å². The van der Waals surface area contributed by atoms with Gasteiger partial charge in [-0.2, -0.15) is 0 Å². The second-order valence-electron chi connectivity index (χ2n) is 4.51. The Hall–Kier alpha value is -0.260. The third-order valence-electron chi connectivity index (χ3n) is 2.79. The van der Waals surface area contributed by atoms with Crippen LogP contribution in [0.25, 0.3) is 0 Å². The largest absolute Gasteiger partial charge is 0.394 e. The van der Waals surface area contributed by atoms with E-state index in [9.17, 15) is 5.11 Å². The Labute approximate surface area is 124 Å². The zero-order chi connectivity index (χ0) is 14.3. The van der Waals surface area contributed by atoms with Gasteiger partial charge in [0.2, 0.25) is 0 Å². The van der Waals surface area contributed by atoms with Crippen LogP contribution < -0.4 is 5.32 Å². The van der Waals surface area contributed by atoms with Crippen molar-refractivity contribution in [1.29, 1.82) is 0 Å². The van der Waals surface area contributed by atoms with Gasteiger partial charge in [-0.05, 0) is 37.6 Å². The highest BCUT2D eigenvalue weighted by molar-refractivity contribution is 7.99. The fraction of sp³-hybridized carbons (Fsp3) is 0.571. The van der Waals surface area contributed by atoms with Gasteiger partial charge in [0.25, 0.3) is 0 Å². The lowest BCUT2D eigenvalue weighted by Gasteiger charge is -2.16. The molecule has 0 aromatic heterocycles. The molecule has 0 amide bonds. The van der Waals surface area contributed by atoms with E-state index in [0.717, 1.165) is 28.4 Å². The van der Waals surface area contributed by atoms with Crippen LogP contribution in [0.4, 0.5) is 0 Å². The lowest BCUT2D eigenvalue weighted by molar-refractivity contribution is 0.113. The second-order valence-corrected chi connectivity index (χ2v) is 6.01. The zero-order valence-corrected chi connectivity index (χ0v) is 13.0. The van der Waals surface area contributed by atoms with E-state index in [-0.39, 0.29) is 12.6 Å². The van der Waals surface area contributed by atoms with Gasteiger partial charge in [0.1, 0.15) is 0 Å². The highest BCUT2D eigenvalue weighted by Gasteiger charge is 2.10. The van der Waals surface area contributed by atoms with Crippen LogP contribution in [0.2, 0.25) is 5.02 Å². The van der Waals surface area contributed by atoms with Crippen LogP contribution in [0, 0.1) is 0 Å². The molecule has 0 aliphatic carbocycles. The van der Waals surface area contributed by atoms with Gasteiger partial charge in [-0.1, -0.05) is 24.6 Å². The van der Waals surface area contributed by atoms with Crippen LogP contribution in [0.3, 0.4) is 0 Å². The quantitative estimate of drug-likeness (QED) is 0.646. The van der Waals surface area contributed by atoms with Gasteiger partial charge < -0.3 is 15.5 Å². The summed E-state index contributed by atoms with van der Waals surface area (Å²) < 4.78 is 0. The number of aliphatic hydroxyl groups excluding tert-OH is 2. The molecule has 1 rings (SSSR count). The summed E-state index contributed by atoms with van der Waals surface area (Å²) >= 11 is 7.78. The molecule has 3 N–H and O–H groups in total. The fourth-order valence-electron chi connectivity index (χ4n) is 1.66. The maximum absolute atomic E-state index is 9.31. The molecule has 0 aliphatic rings. The van der Waals surface area contributed by atoms with Crippen molar-refractivity contribution in [1.82, 2.24) is 5.32 Å². The van der Waals surface area contributed by atoms with Gasteiger partial charge in [0.05, 0.1) is 12.7 Å². The molecular formula is C14H22ClNO2S. The van der Waals surface area contributed by atoms with Crippen molar-refractivity contribution in [2.24, 2.45) is 0 Å². The third-order valence-corrected chi connectivity index (χ3v) is 4.26. The van der Waals surface area contributed by atoms with Crippen molar-refractivity contribution < 1.29 is 10.2 Å². The molecule has 3 nitrogen and oxygen atoms in total. The van der Waals surface area contributed by atoms with Crippen LogP contribution in [0.15, 0.2) is 23.1 Å². The normalized spacial score (nSPS) is 14.4. The molecule has 0 radical (unpaired) electrons. The van der Waals surface area contributed by atoms with Crippen LogP contribution in [0.1, 0.15) is 31.9 Å². The monoisotopic (exact) mass is 303 g/mol. The molecule has 2 atom stereocenters. The molecule has 0 fully saturated rings. The predicted octanol–water partition coefficient (Wildman–Crippen LogP) is 2.85. The zero-order valence-electron chi connectivity index (χ0n) is 11.4. The standard InChI is InChI=1S/C14H22ClNO2S/c1-3-6-16-10(2)13-5-4-12(7-14(13)15)19-9-11(18)8-17/h4-5,7,10-11,16-18H,3,6,8-9H2,1-2H3. The maximum Gasteiger partial charge on any atom is 0.0864 e. The van der Waals surface area contributed by atoms with Crippen LogP contribution in [-0.4, -0.2) is 35.2 Å². The Balaban J connectivity index is 2.63. The average Bonchev–Trinajstić information content (AvgIpc) is 2.42. The second kappa shape index (κ2) is 8.82. The summed E-state index contributed by atoms with van der Waals surface area (Å²) in [6, 6.07) is 6.16. The Morgan fingerprint density at radius 1 is 1.42 bits per heavy atom. The molecule has 0 spiro atoms. The molecule has 0 saturated heterocycles. The van der Waals surface area contributed by atoms with Gasteiger partial charge in [-0.25, -0.2) is 0 Å². The highest BCUT2D eigenvalue weighted by atomic mass is 35.5. The summed E-state index contributed by atoms with van der Waals surface area (Å²) in [5.41, 5.74) is 1.09. The van der Waals surface area contributed by atoms with E-state index >= 15 is 0 Å². The molecule has 19 heavy (non-hydrogen) atoms. The van der Waals surface area contributed by atoms with Gasteiger partial charge in [-0.15, -0.1) is 11.8 Å². The van der Waals surface area contributed by atoms with E-state index in [4.69, 9.17) is 16.7 Å². The van der Waals surface area contributed by atoms with Crippen molar-refractivity contribution in [2.75, 3.05) is 18.9 Å². The summed E-state index contributed by atoms with van der Waals surface area (Å²) in [4.78, 5) is 1.00. The maximum atomic E-state index is 9.31. The number of hydrogen-bond acceptors (Lipinski definition) is 4. The molecule has 108 valence electrons. The summed E-state index contributed by atoms with van der Waals surface area (Å²) in [6.07, 6.45) is 0.406. The van der Waals surface area contributed by atoms with Crippen LogP contribution >= 0.6 is 23.4 Å². The molecule has 5 heteroatoms. The highest BCUT2D eigenvalue weighted by Crippen LogP contribution is 2.28. The first-order valence-electron chi connectivity index (χ1n) is 6.53. The van der Waals surface area contributed by atoms with Gasteiger partial charge in [0, 0.05) is 21.7 Å². The number of hydrogen-bond donors (Lipinski definition) is 3. The Morgan fingerprint density at radius 3 is 2.74 bits per heavy atom. The Bertz CT molecular complexity index is 390. The van der Waals surface area contributed by atoms with E-state index in [2.05, 4.69) is 19.2 Å². The first kappa shape index (κ1) is 16.8. The summed E-state index contributed by atoms with van der Waals surface area (Å²) in [6.45, 7) is 4.99. The minimum atomic E-state index is -0.686. The minimum absolute atomic E-state index is 0.212. The fourth-order valence-corrected chi connectivity index (χ4v) is 2.93. The van der Waals surface area contributed by atoms with E-state index in [1.54, 1.807) is 0 Å². The third kappa shape index (κ3) is 5.71. The smallest absolute Gasteiger partial charge is 0.0864 e. The van der Waals surface area contributed by atoms with Crippen molar-refractivity contribution >= 4 is 23.4 Å². The molecular weight excluding hydrogens is 282 g/mol. The number of thioether (sulfide) groups is 1. The van der Waals surface area contributed by atoms with Crippen LogP contribution in [0.5, 0.6) is 0 Å². The van der Waals surface area contributed by atoms with Crippen molar-refractivity contribution in [3.8, 4) is 0 Å². The number of rotatable bonds is 8. The van der Waals surface area contributed by atoms with Crippen LogP contribution in [-0.2, 0) is 0 Å². The summed E-state index contributed by atoms with van der Waals surface area (Å²) in [7, 11) is 0. The number of nitrogens with one attached hydrogen (secondary N) is 1. The SMILES string of the molecule is CCCNC(C)c1ccc(SCC(O)CO)cc1Cl. The number of halogens is 1. The Kier molecular flexibility index (Phi) is 7.80. The van der Waals surface area contributed by atoms with Crippen molar-refractivity contribution in [3.05, 3.63) is 28.8 Å². The predicted molar refractivity (Wildman–Crippen MR) is 82.0 cm³/mol. The lowest BCUT2D eigenvalue weighted by Crippen LogP contribution is -2.19. The molecule has 0 heterocycles. The molecule has 2 unspecified atom stereocenters.